The maximum atomic E-state index is 6.39. The number of hydrogen-bond donors (Lipinski definition) is 0. The molecule has 2 heteroatoms. The fourth-order valence-corrected chi connectivity index (χ4v) is 4.96. The van der Waals surface area contributed by atoms with Crippen molar-refractivity contribution in [2.24, 2.45) is 0 Å². The predicted molar refractivity (Wildman–Crippen MR) is 124 cm³/mol. The minimum Gasteiger partial charge on any atom is -0.0843 e. The minimum atomic E-state index is 0.758. The van der Waals surface area contributed by atoms with Crippen LogP contribution >= 0.6 is 23.2 Å². The molecule has 28 heavy (non-hydrogen) atoms. The number of rotatable bonds is 0. The molecule has 0 aliphatic heterocycles. The van der Waals surface area contributed by atoms with Crippen LogP contribution in [0, 0.1) is 0 Å². The van der Waals surface area contributed by atoms with Crippen LogP contribution in [0.2, 0.25) is 10.0 Å². The fraction of sp³-hybridized carbons (Fsp3) is 0. The molecule has 0 saturated heterocycles. The van der Waals surface area contributed by atoms with Crippen LogP contribution in [0.4, 0.5) is 0 Å². The molecule has 0 fully saturated rings. The maximum Gasteiger partial charge on any atom is 0.0412 e. The van der Waals surface area contributed by atoms with Gasteiger partial charge in [0, 0.05) is 10.0 Å². The second kappa shape index (κ2) is 5.85. The summed E-state index contributed by atoms with van der Waals surface area (Å²) >= 11 is 12.8. The van der Waals surface area contributed by atoms with E-state index in [0.717, 1.165) is 10.0 Å². The van der Waals surface area contributed by atoms with Crippen molar-refractivity contribution in [3.63, 3.8) is 0 Å². The topological polar surface area (TPSA) is 0 Å². The van der Waals surface area contributed by atoms with E-state index < -0.39 is 0 Å². The van der Waals surface area contributed by atoms with Gasteiger partial charge in [-0.05, 0) is 78.1 Å². The molecule has 0 heterocycles. The SMILES string of the molecule is Clc1ccc2c(c1)c1ccccc1c1c3ccc(Cl)cc3c3ccccc3c21. The first-order valence-corrected chi connectivity index (χ1v) is 10.0. The van der Waals surface area contributed by atoms with Gasteiger partial charge < -0.3 is 0 Å². The second-order valence-electron chi connectivity index (χ2n) is 7.22. The monoisotopic (exact) mass is 396 g/mol. The first-order valence-electron chi connectivity index (χ1n) is 9.26. The molecule has 6 aromatic carbocycles. The summed E-state index contributed by atoms with van der Waals surface area (Å²) in [7, 11) is 0. The molecule has 0 nitrogen and oxygen atoms in total. The van der Waals surface area contributed by atoms with Gasteiger partial charge in [-0.1, -0.05) is 83.9 Å². The van der Waals surface area contributed by atoms with Crippen molar-refractivity contribution in [1.82, 2.24) is 0 Å². The third kappa shape index (κ3) is 2.13. The Morgan fingerprint density at radius 1 is 0.357 bits per heavy atom. The lowest BCUT2D eigenvalue weighted by molar-refractivity contribution is 1.78. The van der Waals surface area contributed by atoms with Gasteiger partial charge in [-0.25, -0.2) is 0 Å². The molecule has 0 amide bonds. The zero-order valence-corrected chi connectivity index (χ0v) is 16.4. The van der Waals surface area contributed by atoms with Gasteiger partial charge in [0.25, 0.3) is 0 Å². The average molecular weight is 397 g/mol. The third-order valence-electron chi connectivity index (χ3n) is 5.73. The number of halogens is 2. The van der Waals surface area contributed by atoms with Crippen molar-refractivity contribution in [3.8, 4) is 0 Å². The molecule has 0 bridgehead atoms. The zero-order chi connectivity index (χ0) is 18.8. The molecular formula is C26H14Cl2. The first-order chi connectivity index (χ1) is 13.7. The van der Waals surface area contributed by atoms with Crippen molar-refractivity contribution >= 4 is 77.1 Å². The Labute approximate surface area is 171 Å². The lowest BCUT2D eigenvalue weighted by atomic mass is 9.87. The third-order valence-corrected chi connectivity index (χ3v) is 6.20. The largest absolute Gasteiger partial charge is 0.0843 e. The normalized spacial score (nSPS) is 11.9. The quantitative estimate of drug-likeness (QED) is 0.225. The highest BCUT2D eigenvalue weighted by molar-refractivity contribution is 6.41. The Morgan fingerprint density at radius 3 is 1.14 bits per heavy atom. The van der Waals surface area contributed by atoms with E-state index >= 15 is 0 Å². The van der Waals surface area contributed by atoms with Crippen molar-refractivity contribution in [2.45, 2.75) is 0 Å². The molecule has 0 aliphatic carbocycles. The summed E-state index contributed by atoms with van der Waals surface area (Å²) in [4.78, 5) is 0. The lowest BCUT2D eigenvalue weighted by Crippen LogP contribution is -1.88. The van der Waals surface area contributed by atoms with E-state index in [2.05, 4.69) is 72.8 Å². The summed E-state index contributed by atoms with van der Waals surface area (Å²) in [5.41, 5.74) is 0. The van der Waals surface area contributed by atoms with E-state index in [4.69, 9.17) is 23.2 Å². The van der Waals surface area contributed by atoms with E-state index in [1.807, 2.05) is 12.1 Å². The standard InChI is InChI=1S/C26H14Cl2/c27-15-9-11-21-23(13-15)17-5-1-3-7-19(17)25-22-12-10-16(28)14-24(22)18-6-2-4-8-20(18)26(21)25/h1-14H. The zero-order valence-electron chi connectivity index (χ0n) is 14.8. The lowest BCUT2D eigenvalue weighted by Gasteiger charge is -2.16. The van der Waals surface area contributed by atoms with Crippen molar-refractivity contribution in [2.75, 3.05) is 0 Å². The molecule has 0 aromatic heterocycles. The van der Waals surface area contributed by atoms with Gasteiger partial charge in [-0.2, -0.15) is 0 Å². The molecule has 0 saturated carbocycles. The Balaban J connectivity index is 2.10. The Kier molecular flexibility index (Phi) is 3.38. The van der Waals surface area contributed by atoms with Gasteiger partial charge in [-0.3, -0.25) is 0 Å². The van der Waals surface area contributed by atoms with Crippen LogP contribution in [-0.2, 0) is 0 Å². The average Bonchev–Trinajstić information content (AvgIpc) is 2.73. The van der Waals surface area contributed by atoms with E-state index in [9.17, 15) is 0 Å². The van der Waals surface area contributed by atoms with Crippen LogP contribution in [0.1, 0.15) is 0 Å². The molecule has 0 aliphatic rings. The van der Waals surface area contributed by atoms with Crippen LogP contribution in [0.15, 0.2) is 84.9 Å². The highest BCUT2D eigenvalue weighted by Crippen LogP contribution is 2.44. The van der Waals surface area contributed by atoms with Crippen LogP contribution in [0.5, 0.6) is 0 Å². The molecule has 0 radical (unpaired) electrons. The van der Waals surface area contributed by atoms with E-state index in [1.54, 1.807) is 0 Å². The molecule has 0 unspecified atom stereocenters. The molecule has 0 atom stereocenters. The summed E-state index contributed by atoms with van der Waals surface area (Å²) in [5.74, 6) is 0. The highest BCUT2D eigenvalue weighted by atomic mass is 35.5. The van der Waals surface area contributed by atoms with Gasteiger partial charge >= 0.3 is 0 Å². The molecule has 6 rings (SSSR count). The van der Waals surface area contributed by atoms with Gasteiger partial charge in [0.15, 0.2) is 0 Å². The van der Waals surface area contributed by atoms with E-state index in [0.29, 0.717) is 0 Å². The van der Waals surface area contributed by atoms with Crippen molar-refractivity contribution < 1.29 is 0 Å². The molecule has 132 valence electrons. The minimum absolute atomic E-state index is 0.758. The van der Waals surface area contributed by atoms with Crippen molar-refractivity contribution in [1.29, 1.82) is 0 Å². The molecule has 0 N–H and O–H groups in total. The Bertz CT molecular complexity index is 1460. The Hall–Kier alpha value is -2.80. The molecule has 0 spiro atoms. The maximum absolute atomic E-state index is 6.39. The number of fused-ring (bicyclic) bond motifs is 11. The van der Waals surface area contributed by atoms with E-state index in [1.165, 1.54) is 53.9 Å². The fourth-order valence-electron chi connectivity index (χ4n) is 4.62. The van der Waals surface area contributed by atoms with Gasteiger partial charge in [-0.15, -0.1) is 0 Å². The summed E-state index contributed by atoms with van der Waals surface area (Å²) in [6, 6.07) is 29.6. The highest BCUT2D eigenvalue weighted by Gasteiger charge is 2.15. The van der Waals surface area contributed by atoms with Gasteiger partial charge in [0.05, 0.1) is 0 Å². The second-order valence-corrected chi connectivity index (χ2v) is 8.09. The van der Waals surface area contributed by atoms with Crippen LogP contribution in [0.3, 0.4) is 0 Å². The van der Waals surface area contributed by atoms with Gasteiger partial charge in [0.1, 0.15) is 0 Å². The number of hydrogen-bond acceptors (Lipinski definition) is 0. The Morgan fingerprint density at radius 2 is 0.714 bits per heavy atom. The van der Waals surface area contributed by atoms with Crippen LogP contribution in [-0.4, -0.2) is 0 Å². The van der Waals surface area contributed by atoms with Crippen LogP contribution in [0.25, 0.3) is 53.9 Å². The number of benzene rings is 6. The smallest absolute Gasteiger partial charge is 0.0412 e. The molecule has 6 aromatic rings. The predicted octanol–water partition coefficient (Wildman–Crippen LogP) is 8.76. The summed E-state index contributed by atoms with van der Waals surface area (Å²) in [6.45, 7) is 0. The van der Waals surface area contributed by atoms with Crippen molar-refractivity contribution in [3.05, 3.63) is 95.0 Å². The first kappa shape index (κ1) is 16.2. The van der Waals surface area contributed by atoms with Crippen LogP contribution < -0.4 is 0 Å². The van der Waals surface area contributed by atoms with Gasteiger partial charge in [0.2, 0.25) is 0 Å². The summed E-state index contributed by atoms with van der Waals surface area (Å²) in [5, 5.41) is 13.8. The van der Waals surface area contributed by atoms with E-state index in [-0.39, 0.29) is 0 Å². The summed E-state index contributed by atoms with van der Waals surface area (Å²) in [6.07, 6.45) is 0. The molecular weight excluding hydrogens is 383 g/mol. The summed E-state index contributed by atoms with van der Waals surface area (Å²) < 4.78 is 0.